The molecule has 0 saturated heterocycles. The molecule has 1 unspecified atom stereocenters. The molecule has 1 aliphatic rings. The van der Waals surface area contributed by atoms with Crippen LogP contribution in [0.3, 0.4) is 0 Å². The van der Waals surface area contributed by atoms with Gasteiger partial charge in [-0.25, -0.2) is 4.68 Å². The summed E-state index contributed by atoms with van der Waals surface area (Å²) in [5, 5.41) is 18.3. The maximum Gasteiger partial charge on any atom is 0.416 e. The van der Waals surface area contributed by atoms with Gasteiger partial charge in [0.2, 0.25) is 0 Å². The summed E-state index contributed by atoms with van der Waals surface area (Å²) in [6.07, 6.45) is -2.82. The molecule has 0 fully saturated rings. The van der Waals surface area contributed by atoms with Crippen LogP contribution < -0.4 is 10.6 Å². The van der Waals surface area contributed by atoms with Crippen molar-refractivity contribution in [2.24, 2.45) is 0 Å². The number of carbonyl (C=O) groups is 1. The van der Waals surface area contributed by atoms with E-state index < -0.39 is 23.7 Å². The van der Waals surface area contributed by atoms with E-state index in [-0.39, 0.29) is 6.61 Å². The number of fused-ring (bicyclic) bond motifs is 2. The van der Waals surface area contributed by atoms with E-state index in [0.29, 0.717) is 34.0 Å². The summed E-state index contributed by atoms with van der Waals surface area (Å²) in [7, 11) is 1.54. The van der Waals surface area contributed by atoms with E-state index in [2.05, 4.69) is 25.9 Å². The zero-order valence-corrected chi connectivity index (χ0v) is 18.8. The standard InChI is InChI=1S/C24H21F3N6O2/c1-13-21(23(34)30-17-7-8-19-15(9-17)11-28-31-19)22(14-3-5-16(6-4-14)24(25,26)27)33-20(29-13)10-18(32-33)12-35-2/h3-11,22,29H,12H2,1-2H3,(H,28,31)(H,30,34). The van der Waals surface area contributed by atoms with E-state index in [9.17, 15) is 18.0 Å². The van der Waals surface area contributed by atoms with Crippen LogP contribution >= 0.6 is 0 Å². The molecule has 0 spiro atoms. The molecule has 5 rings (SSSR count). The molecular formula is C24H21F3N6O2. The summed E-state index contributed by atoms with van der Waals surface area (Å²) in [5.74, 6) is 0.202. The summed E-state index contributed by atoms with van der Waals surface area (Å²) in [6.45, 7) is 1.99. The van der Waals surface area contributed by atoms with Crippen LogP contribution in [-0.4, -0.2) is 33.0 Å². The zero-order valence-electron chi connectivity index (χ0n) is 18.8. The highest BCUT2D eigenvalue weighted by Gasteiger charge is 2.35. The lowest BCUT2D eigenvalue weighted by Gasteiger charge is -2.30. The van der Waals surface area contributed by atoms with Crippen LogP contribution in [0.5, 0.6) is 0 Å². The minimum Gasteiger partial charge on any atom is -0.378 e. The fourth-order valence-electron chi connectivity index (χ4n) is 4.22. The average Bonchev–Trinajstić information content (AvgIpc) is 3.43. The maximum absolute atomic E-state index is 13.5. The number of hydrogen-bond acceptors (Lipinski definition) is 5. The van der Waals surface area contributed by atoms with Crippen molar-refractivity contribution >= 4 is 28.3 Å². The predicted molar refractivity (Wildman–Crippen MR) is 124 cm³/mol. The molecule has 0 aliphatic carbocycles. The quantitative estimate of drug-likeness (QED) is 0.378. The number of nitrogens with one attached hydrogen (secondary N) is 3. The van der Waals surface area contributed by atoms with Gasteiger partial charge in [-0.2, -0.15) is 23.4 Å². The first kappa shape index (κ1) is 22.7. The van der Waals surface area contributed by atoms with Crippen molar-refractivity contribution in [3.63, 3.8) is 0 Å². The largest absolute Gasteiger partial charge is 0.416 e. The van der Waals surface area contributed by atoms with Gasteiger partial charge in [-0.15, -0.1) is 0 Å². The van der Waals surface area contributed by atoms with E-state index in [1.54, 1.807) is 49.2 Å². The number of nitrogens with zero attached hydrogens (tertiary/aromatic N) is 3. The number of halogens is 3. The number of rotatable bonds is 5. The molecule has 4 aromatic rings. The Morgan fingerprint density at radius 1 is 1.17 bits per heavy atom. The molecule has 0 saturated carbocycles. The monoisotopic (exact) mass is 482 g/mol. The lowest BCUT2D eigenvalue weighted by atomic mass is 9.94. The third kappa shape index (κ3) is 4.26. The molecule has 35 heavy (non-hydrogen) atoms. The molecule has 3 N–H and O–H groups in total. The Labute approximate surface area is 197 Å². The number of anilines is 2. The Bertz CT molecular complexity index is 1440. The smallest absolute Gasteiger partial charge is 0.378 e. The molecule has 0 bridgehead atoms. The third-order valence-corrected chi connectivity index (χ3v) is 5.81. The van der Waals surface area contributed by atoms with Crippen LogP contribution in [0, 0.1) is 0 Å². The number of aromatic amines is 1. The van der Waals surface area contributed by atoms with Crippen LogP contribution in [-0.2, 0) is 22.3 Å². The summed E-state index contributed by atoms with van der Waals surface area (Å²) in [4.78, 5) is 13.5. The Kier molecular flexibility index (Phi) is 5.56. The fraction of sp³-hybridized carbons (Fsp3) is 0.208. The summed E-state index contributed by atoms with van der Waals surface area (Å²) >= 11 is 0. The molecule has 3 heterocycles. The second-order valence-corrected chi connectivity index (χ2v) is 8.21. The van der Waals surface area contributed by atoms with Crippen molar-refractivity contribution < 1.29 is 22.7 Å². The van der Waals surface area contributed by atoms with Gasteiger partial charge in [0.05, 0.1) is 35.2 Å². The number of aromatic nitrogens is 4. The first-order chi connectivity index (χ1) is 16.7. The van der Waals surface area contributed by atoms with Gasteiger partial charge in [0.1, 0.15) is 11.9 Å². The topological polar surface area (TPSA) is 96.9 Å². The van der Waals surface area contributed by atoms with E-state index in [4.69, 9.17) is 4.74 Å². The molecule has 0 radical (unpaired) electrons. The van der Waals surface area contributed by atoms with Crippen LogP contribution in [0.15, 0.2) is 66.0 Å². The van der Waals surface area contributed by atoms with Gasteiger partial charge >= 0.3 is 6.18 Å². The Hall–Kier alpha value is -4.12. The number of hydrogen-bond donors (Lipinski definition) is 3. The molecule has 1 aliphatic heterocycles. The summed E-state index contributed by atoms with van der Waals surface area (Å²) in [6, 6.07) is 11.1. The molecule has 1 atom stereocenters. The minimum absolute atomic E-state index is 0.243. The Balaban J connectivity index is 1.55. The predicted octanol–water partition coefficient (Wildman–Crippen LogP) is 4.85. The molecule has 180 valence electrons. The van der Waals surface area contributed by atoms with Crippen molar-refractivity contribution in [3.8, 4) is 0 Å². The van der Waals surface area contributed by atoms with Gasteiger partial charge in [-0.1, -0.05) is 12.1 Å². The highest BCUT2D eigenvalue weighted by molar-refractivity contribution is 6.06. The van der Waals surface area contributed by atoms with E-state index in [1.165, 1.54) is 12.1 Å². The first-order valence-corrected chi connectivity index (χ1v) is 10.7. The highest BCUT2D eigenvalue weighted by Crippen LogP contribution is 2.38. The van der Waals surface area contributed by atoms with Crippen molar-refractivity contribution in [1.29, 1.82) is 0 Å². The first-order valence-electron chi connectivity index (χ1n) is 10.7. The SMILES string of the molecule is COCc1cc2n(n1)C(c1ccc(C(F)(F)F)cc1)C(C(=O)Nc1ccc3[nH]ncc3c1)=C(C)N2. The van der Waals surface area contributed by atoms with Gasteiger partial charge in [0.25, 0.3) is 5.91 Å². The van der Waals surface area contributed by atoms with Gasteiger partial charge < -0.3 is 15.4 Å². The lowest BCUT2D eigenvalue weighted by Crippen LogP contribution is -2.31. The van der Waals surface area contributed by atoms with Crippen LogP contribution in [0.4, 0.5) is 24.7 Å². The number of ether oxygens (including phenoxy) is 1. The van der Waals surface area contributed by atoms with Crippen molar-refractivity contribution in [2.75, 3.05) is 17.7 Å². The number of methoxy groups -OCH3 is 1. The number of H-pyrrole nitrogens is 1. The molecule has 2 aromatic heterocycles. The van der Waals surface area contributed by atoms with Crippen LogP contribution in [0.25, 0.3) is 10.9 Å². The molecule has 1 amide bonds. The average molecular weight is 482 g/mol. The van der Waals surface area contributed by atoms with Gasteiger partial charge in [-0.3, -0.25) is 9.89 Å². The second kappa shape index (κ2) is 8.58. The van der Waals surface area contributed by atoms with Gasteiger partial charge in [0, 0.05) is 29.9 Å². The van der Waals surface area contributed by atoms with E-state index in [1.807, 2.05) is 0 Å². The Morgan fingerprint density at radius 2 is 1.94 bits per heavy atom. The minimum atomic E-state index is -4.47. The fourth-order valence-corrected chi connectivity index (χ4v) is 4.22. The van der Waals surface area contributed by atoms with E-state index in [0.717, 1.165) is 23.0 Å². The zero-order chi connectivity index (χ0) is 24.7. The van der Waals surface area contributed by atoms with Crippen LogP contribution in [0.2, 0.25) is 0 Å². The molecule has 2 aromatic carbocycles. The number of benzene rings is 2. The van der Waals surface area contributed by atoms with Gasteiger partial charge in [0.15, 0.2) is 0 Å². The number of amides is 1. The van der Waals surface area contributed by atoms with Crippen molar-refractivity contribution in [1.82, 2.24) is 20.0 Å². The number of allylic oxidation sites excluding steroid dienone is 1. The highest BCUT2D eigenvalue weighted by atomic mass is 19.4. The second-order valence-electron chi connectivity index (χ2n) is 8.21. The summed E-state index contributed by atoms with van der Waals surface area (Å²) in [5.41, 5.74) is 2.61. The number of alkyl halides is 3. The van der Waals surface area contributed by atoms with Crippen LogP contribution in [0.1, 0.15) is 29.8 Å². The summed E-state index contributed by atoms with van der Waals surface area (Å²) < 4.78 is 46.3. The Morgan fingerprint density at radius 3 is 2.66 bits per heavy atom. The maximum atomic E-state index is 13.5. The van der Waals surface area contributed by atoms with Crippen molar-refractivity contribution in [2.45, 2.75) is 25.7 Å². The molecular weight excluding hydrogens is 461 g/mol. The van der Waals surface area contributed by atoms with Gasteiger partial charge in [-0.05, 0) is 42.8 Å². The van der Waals surface area contributed by atoms with Crippen molar-refractivity contribution in [3.05, 3.63) is 82.8 Å². The number of carbonyl (C=O) groups excluding carboxylic acids is 1. The molecule has 8 nitrogen and oxygen atoms in total. The third-order valence-electron chi connectivity index (χ3n) is 5.81. The molecule has 11 heteroatoms. The normalized spacial score (nSPS) is 15.7. The van der Waals surface area contributed by atoms with E-state index >= 15 is 0 Å². The lowest BCUT2D eigenvalue weighted by molar-refractivity contribution is -0.137.